The summed E-state index contributed by atoms with van der Waals surface area (Å²) >= 11 is 0. The third-order valence-electron chi connectivity index (χ3n) is 7.95. The van der Waals surface area contributed by atoms with Gasteiger partial charge in [-0.2, -0.15) is 0 Å². The van der Waals surface area contributed by atoms with E-state index in [-0.39, 0.29) is 37.9 Å². The highest BCUT2D eigenvalue weighted by atomic mass is 16.5. The van der Waals surface area contributed by atoms with Crippen LogP contribution in [-0.4, -0.2) is 160 Å². The number of hydrogen-bond acceptors (Lipinski definition) is 12. The van der Waals surface area contributed by atoms with Crippen molar-refractivity contribution in [3.8, 4) is 16.9 Å². The number of benzene rings is 2. The van der Waals surface area contributed by atoms with Gasteiger partial charge in [-0.3, -0.25) is 43.5 Å². The molecule has 18 nitrogen and oxygen atoms in total. The number of nitrogens with one attached hydrogen (secondary N) is 2. The van der Waals surface area contributed by atoms with E-state index in [0.29, 0.717) is 41.8 Å². The van der Waals surface area contributed by atoms with E-state index < -0.39 is 74.7 Å². The van der Waals surface area contributed by atoms with Crippen LogP contribution in [0.15, 0.2) is 48.5 Å². The molecule has 0 saturated heterocycles. The lowest BCUT2D eigenvalue weighted by molar-refractivity contribution is -0.145. The summed E-state index contributed by atoms with van der Waals surface area (Å²) in [5.74, 6) is -6.48. The van der Waals surface area contributed by atoms with Gasteiger partial charge < -0.3 is 45.7 Å². The molecule has 1 amide bonds. The summed E-state index contributed by atoms with van der Waals surface area (Å²) < 4.78 is 5.97. The number of carboxylic acid groups (broad SMARTS) is 5. The molecule has 2 rings (SSSR count). The highest BCUT2D eigenvalue weighted by molar-refractivity contribution is 5.98. The molecule has 2 atom stereocenters. The Morgan fingerprint density at radius 3 is 1.77 bits per heavy atom. The summed E-state index contributed by atoms with van der Waals surface area (Å²) in [5.41, 5.74) is 1.95. The SMILES string of the molecule is CNC(CCCC(C)=O)C(=O)Nc1ccccc1-c1ccc(OCC(CN(CCN(CC(=O)O)CC(=O)O)CC(=O)O)N(CC(=O)O)CC(=O)O)cc1. The molecule has 2 aromatic carbocycles. The molecule has 290 valence electrons. The van der Waals surface area contributed by atoms with Gasteiger partial charge in [0.2, 0.25) is 5.91 Å². The molecule has 0 bridgehead atoms. The molecule has 0 aliphatic carbocycles. The molecule has 0 radical (unpaired) electrons. The number of hydrogen-bond donors (Lipinski definition) is 7. The number of carbonyl (C=O) groups is 7. The molecule has 0 aliphatic heterocycles. The Balaban J connectivity index is 2.29. The van der Waals surface area contributed by atoms with Gasteiger partial charge in [-0.05, 0) is 50.6 Å². The standard InChI is InChI=1S/C35H47N5O13/c1-23(41)6-5-9-29(36-2)35(52)37-28-8-4-3-7-27(28)24-10-12-26(13-11-24)53-22-25(40(20-33(48)49)21-34(50)51)16-38(17-30(42)43)14-15-39(18-31(44)45)19-32(46)47/h3-4,7-8,10-13,25,29,36H,5-6,9,14-22H2,1-2H3,(H,37,52)(H,42,43)(H,44,45)(H,46,47)(H,48,49)(H,50,51). The minimum atomic E-state index is -1.35. The molecule has 2 aromatic rings. The molecule has 0 aromatic heterocycles. The second-order valence-corrected chi connectivity index (χ2v) is 12.3. The zero-order valence-electron chi connectivity index (χ0n) is 29.6. The number of amides is 1. The van der Waals surface area contributed by atoms with Crippen LogP contribution in [-0.2, 0) is 33.6 Å². The van der Waals surface area contributed by atoms with Crippen LogP contribution in [0.3, 0.4) is 0 Å². The zero-order chi connectivity index (χ0) is 39.5. The van der Waals surface area contributed by atoms with E-state index in [9.17, 15) is 48.9 Å². The van der Waals surface area contributed by atoms with Crippen molar-refractivity contribution in [2.24, 2.45) is 0 Å². The number of carboxylic acids is 5. The number of para-hydroxylation sites is 1. The van der Waals surface area contributed by atoms with Crippen molar-refractivity contribution in [3.63, 3.8) is 0 Å². The van der Waals surface area contributed by atoms with Gasteiger partial charge in [0.25, 0.3) is 0 Å². The summed E-state index contributed by atoms with van der Waals surface area (Å²) in [6.45, 7) is -2.64. The Morgan fingerprint density at radius 2 is 1.25 bits per heavy atom. The number of Topliss-reactive ketones (excluding diaryl/α,β-unsaturated/α-hetero) is 1. The fraction of sp³-hybridized carbons (Fsp3) is 0.457. The summed E-state index contributed by atoms with van der Waals surface area (Å²) in [5, 5.41) is 52.9. The molecule has 0 saturated carbocycles. The van der Waals surface area contributed by atoms with Crippen LogP contribution in [0.1, 0.15) is 26.2 Å². The van der Waals surface area contributed by atoms with Gasteiger partial charge in [0.15, 0.2) is 0 Å². The van der Waals surface area contributed by atoms with Crippen molar-refractivity contribution in [3.05, 3.63) is 48.5 Å². The average molecular weight is 746 g/mol. The topological polar surface area (TPSA) is 264 Å². The quantitative estimate of drug-likeness (QED) is 0.0664. The van der Waals surface area contributed by atoms with Crippen molar-refractivity contribution >= 4 is 47.2 Å². The van der Waals surface area contributed by atoms with E-state index in [1.165, 1.54) is 11.8 Å². The van der Waals surface area contributed by atoms with Crippen molar-refractivity contribution in [2.75, 3.05) is 71.3 Å². The third kappa shape index (κ3) is 17.1. The summed E-state index contributed by atoms with van der Waals surface area (Å²) in [4.78, 5) is 85.5. The van der Waals surface area contributed by atoms with Gasteiger partial charge in [0.05, 0.1) is 44.8 Å². The third-order valence-corrected chi connectivity index (χ3v) is 7.95. The highest BCUT2D eigenvalue weighted by Gasteiger charge is 2.28. The van der Waals surface area contributed by atoms with Crippen LogP contribution >= 0.6 is 0 Å². The number of nitrogens with zero attached hydrogens (tertiary/aromatic N) is 3. The van der Waals surface area contributed by atoms with Crippen LogP contribution in [0, 0.1) is 0 Å². The van der Waals surface area contributed by atoms with E-state index in [0.717, 1.165) is 9.80 Å². The van der Waals surface area contributed by atoms with Crippen molar-refractivity contribution in [1.82, 2.24) is 20.0 Å². The first kappa shape index (κ1) is 43.7. The molecule has 0 heterocycles. The first-order valence-electron chi connectivity index (χ1n) is 16.6. The highest BCUT2D eigenvalue weighted by Crippen LogP contribution is 2.29. The van der Waals surface area contributed by atoms with Crippen molar-refractivity contribution in [1.29, 1.82) is 0 Å². The van der Waals surface area contributed by atoms with Crippen LogP contribution < -0.4 is 15.4 Å². The number of anilines is 1. The predicted octanol–water partition coefficient (Wildman–Crippen LogP) is 0.716. The van der Waals surface area contributed by atoms with E-state index in [1.54, 1.807) is 49.5 Å². The fourth-order valence-corrected chi connectivity index (χ4v) is 5.49. The zero-order valence-corrected chi connectivity index (χ0v) is 29.6. The maximum absolute atomic E-state index is 13.0. The average Bonchev–Trinajstić information content (AvgIpc) is 3.06. The van der Waals surface area contributed by atoms with Crippen LogP contribution in [0.25, 0.3) is 11.1 Å². The smallest absolute Gasteiger partial charge is 0.317 e. The first-order valence-corrected chi connectivity index (χ1v) is 16.6. The van der Waals surface area contributed by atoms with Gasteiger partial charge in [0.1, 0.15) is 18.1 Å². The molecule has 2 unspecified atom stereocenters. The molecular formula is C35H47N5O13. The van der Waals surface area contributed by atoms with Gasteiger partial charge in [-0.25, -0.2) is 0 Å². The number of likely N-dealkylation sites (N-methyl/N-ethyl adjacent to an activating group) is 1. The number of carbonyl (C=O) groups excluding carboxylic acids is 2. The number of aliphatic carboxylic acids is 5. The fourth-order valence-electron chi connectivity index (χ4n) is 5.49. The van der Waals surface area contributed by atoms with Gasteiger partial charge in [-0.15, -0.1) is 0 Å². The molecule has 18 heteroatoms. The predicted molar refractivity (Wildman–Crippen MR) is 190 cm³/mol. The molecule has 0 spiro atoms. The molecule has 0 aliphatic rings. The van der Waals surface area contributed by atoms with Crippen LogP contribution in [0.5, 0.6) is 5.75 Å². The number of ketones is 1. The van der Waals surface area contributed by atoms with Gasteiger partial charge in [0, 0.05) is 37.3 Å². The van der Waals surface area contributed by atoms with Crippen molar-refractivity contribution in [2.45, 2.75) is 38.3 Å². The summed E-state index contributed by atoms with van der Waals surface area (Å²) in [6.07, 6.45) is 1.39. The Labute approximate surface area is 305 Å². The normalized spacial score (nSPS) is 12.3. The second-order valence-electron chi connectivity index (χ2n) is 12.3. The Hall–Kier alpha value is -5.43. The Morgan fingerprint density at radius 1 is 0.717 bits per heavy atom. The van der Waals surface area contributed by atoms with Gasteiger partial charge in [-0.1, -0.05) is 30.3 Å². The second kappa shape index (κ2) is 22.5. The summed E-state index contributed by atoms with van der Waals surface area (Å²) in [7, 11) is 1.66. The molecule has 7 N–H and O–H groups in total. The maximum Gasteiger partial charge on any atom is 0.317 e. The minimum absolute atomic E-state index is 0.0440. The number of ether oxygens (including phenoxy) is 1. The molecule has 53 heavy (non-hydrogen) atoms. The van der Waals surface area contributed by atoms with E-state index >= 15 is 0 Å². The van der Waals surface area contributed by atoms with E-state index in [4.69, 9.17) is 14.9 Å². The lowest BCUT2D eigenvalue weighted by Gasteiger charge is -2.34. The largest absolute Gasteiger partial charge is 0.492 e. The number of rotatable bonds is 27. The first-order chi connectivity index (χ1) is 25.1. The van der Waals surface area contributed by atoms with Gasteiger partial charge >= 0.3 is 29.8 Å². The molecule has 0 fully saturated rings. The minimum Gasteiger partial charge on any atom is -0.492 e. The molecular weight excluding hydrogens is 698 g/mol. The van der Waals surface area contributed by atoms with E-state index in [2.05, 4.69) is 10.6 Å². The van der Waals surface area contributed by atoms with Crippen molar-refractivity contribution < 1.29 is 63.8 Å². The maximum atomic E-state index is 13.0. The Kier molecular flexibility index (Phi) is 18.6. The lowest BCUT2D eigenvalue weighted by atomic mass is 10.0. The van der Waals surface area contributed by atoms with Crippen LogP contribution in [0.2, 0.25) is 0 Å². The summed E-state index contributed by atoms with van der Waals surface area (Å²) in [6, 6.07) is 12.3. The lowest BCUT2D eigenvalue weighted by Crippen LogP contribution is -2.52. The monoisotopic (exact) mass is 745 g/mol. The van der Waals surface area contributed by atoms with Crippen LogP contribution in [0.4, 0.5) is 5.69 Å². The Bertz CT molecular complexity index is 1540. The van der Waals surface area contributed by atoms with E-state index in [1.807, 2.05) is 6.07 Å².